The zero-order valence-electron chi connectivity index (χ0n) is 12.2. The molecule has 1 fully saturated rings. The van der Waals surface area contributed by atoms with E-state index in [9.17, 15) is 4.79 Å². The topological polar surface area (TPSA) is 41.6 Å². The Morgan fingerprint density at radius 3 is 2.56 bits per heavy atom. The van der Waals surface area contributed by atoms with Crippen molar-refractivity contribution >= 4 is 5.91 Å². The van der Waals surface area contributed by atoms with Gasteiger partial charge in [0.05, 0.1) is 12.6 Å². The molecule has 1 N–H and O–H groups in total. The van der Waals surface area contributed by atoms with Crippen LogP contribution in [0.1, 0.15) is 33.1 Å². The lowest BCUT2D eigenvalue weighted by atomic mass is 9.84. The number of carbonyl (C=O) groups excluding carboxylic acids is 1. The van der Waals surface area contributed by atoms with Crippen molar-refractivity contribution in [3.8, 4) is 0 Å². The molecule has 1 aliphatic heterocycles. The molecule has 4 heteroatoms. The van der Waals surface area contributed by atoms with Gasteiger partial charge in [0.2, 0.25) is 5.91 Å². The van der Waals surface area contributed by atoms with E-state index in [2.05, 4.69) is 12.2 Å². The molecule has 0 aromatic carbocycles. The monoisotopic (exact) mass is 256 g/mol. The van der Waals surface area contributed by atoms with Crippen molar-refractivity contribution in [2.75, 3.05) is 33.9 Å². The normalized spacial score (nSPS) is 20.4. The minimum absolute atomic E-state index is 0.155. The Morgan fingerprint density at radius 1 is 1.39 bits per heavy atom. The third-order valence-corrected chi connectivity index (χ3v) is 4.15. The second kappa shape index (κ2) is 7.74. The summed E-state index contributed by atoms with van der Waals surface area (Å²) in [7, 11) is 3.55. The lowest BCUT2D eigenvalue weighted by Crippen LogP contribution is -2.39. The molecule has 1 rings (SSSR count). The van der Waals surface area contributed by atoms with Gasteiger partial charge in [-0.05, 0) is 44.7 Å². The largest absolute Gasteiger partial charge is 0.383 e. The van der Waals surface area contributed by atoms with Gasteiger partial charge in [-0.3, -0.25) is 4.79 Å². The molecule has 0 saturated carbocycles. The molecule has 0 aromatic heterocycles. The number of amides is 1. The molecule has 106 valence electrons. The van der Waals surface area contributed by atoms with Gasteiger partial charge in [-0.1, -0.05) is 6.92 Å². The SMILES string of the molecule is COCC(C)N(C)C(=O)CC(C)C1CCNCC1. The summed E-state index contributed by atoms with van der Waals surface area (Å²) in [5, 5.41) is 3.37. The number of hydrogen-bond donors (Lipinski definition) is 1. The lowest BCUT2D eigenvalue weighted by molar-refractivity contribution is -0.134. The van der Waals surface area contributed by atoms with Crippen LogP contribution in [0.5, 0.6) is 0 Å². The average Bonchev–Trinajstić information content (AvgIpc) is 2.39. The Balaban J connectivity index is 2.37. The highest BCUT2D eigenvalue weighted by molar-refractivity contribution is 5.76. The average molecular weight is 256 g/mol. The van der Waals surface area contributed by atoms with Crippen LogP contribution >= 0.6 is 0 Å². The second-order valence-electron chi connectivity index (χ2n) is 5.58. The first-order valence-electron chi connectivity index (χ1n) is 7.01. The van der Waals surface area contributed by atoms with E-state index in [4.69, 9.17) is 4.74 Å². The van der Waals surface area contributed by atoms with Gasteiger partial charge in [-0.2, -0.15) is 0 Å². The number of ether oxygens (including phenoxy) is 1. The van der Waals surface area contributed by atoms with Gasteiger partial charge in [-0.15, -0.1) is 0 Å². The summed E-state index contributed by atoms with van der Waals surface area (Å²) >= 11 is 0. The van der Waals surface area contributed by atoms with Gasteiger partial charge < -0.3 is 15.0 Å². The first-order valence-corrected chi connectivity index (χ1v) is 7.01. The van der Waals surface area contributed by atoms with Crippen LogP contribution < -0.4 is 5.32 Å². The third-order valence-electron chi connectivity index (χ3n) is 4.15. The number of hydrogen-bond acceptors (Lipinski definition) is 3. The molecule has 1 heterocycles. The molecule has 2 atom stereocenters. The maximum atomic E-state index is 12.2. The Morgan fingerprint density at radius 2 is 2.00 bits per heavy atom. The predicted octanol–water partition coefficient (Wildman–Crippen LogP) is 1.51. The molecule has 0 aromatic rings. The van der Waals surface area contributed by atoms with Gasteiger partial charge >= 0.3 is 0 Å². The maximum absolute atomic E-state index is 12.2. The van der Waals surface area contributed by atoms with Crippen molar-refractivity contribution in [1.82, 2.24) is 10.2 Å². The van der Waals surface area contributed by atoms with Crippen molar-refractivity contribution in [3.05, 3.63) is 0 Å². The van der Waals surface area contributed by atoms with E-state index in [0.29, 0.717) is 24.9 Å². The van der Waals surface area contributed by atoms with Gasteiger partial charge in [0.1, 0.15) is 0 Å². The van der Waals surface area contributed by atoms with Gasteiger partial charge in [-0.25, -0.2) is 0 Å². The third kappa shape index (κ3) is 4.58. The highest BCUT2D eigenvalue weighted by atomic mass is 16.5. The molecule has 1 aliphatic rings. The predicted molar refractivity (Wildman–Crippen MR) is 73.5 cm³/mol. The van der Waals surface area contributed by atoms with E-state index in [0.717, 1.165) is 13.1 Å². The summed E-state index contributed by atoms with van der Waals surface area (Å²) in [6, 6.07) is 0.155. The van der Waals surface area contributed by atoms with E-state index < -0.39 is 0 Å². The Bertz CT molecular complexity index is 252. The number of piperidine rings is 1. The van der Waals surface area contributed by atoms with Crippen LogP contribution in [-0.4, -0.2) is 50.7 Å². The van der Waals surface area contributed by atoms with Gasteiger partial charge in [0.25, 0.3) is 0 Å². The summed E-state index contributed by atoms with van der Waals surface area (Å²) in [6.07, 6.45) is 3.06. The molecule has 4 nitrogen and oxygen atoms in total. The quantitative estimate of drug-likeness (QED) is 0.783. The van der Waals surface area contributed by atoms with Crippen LogP contribution in [0.15, 0.2) is 0 Å². The minimum atomic E-state index is 0.155. The molecule has 1 saturated heterocycles. The Labute approximate surface area is 111 Å². The van der Waals surface area contributed by atoms with Crippen LogP contribution in [0.4, 0.5) is 0 Å². The fourth-order valence-corrected chi connectivity index (χ4v) is 2.60. The number of nitrogens with zero attached hydrogens (tertiary/aromatic N) is 1. The standard InChI is InChI=1S/C14H28N2O2/c1-11(13-5-7-15-8-6-13)9-14(17)16(3)12(2)10-18-4/h11-13,15H,5-10H2,1-4H3. The van der Waals surface area contributed by atoms with Gasteiger partial charge in [0.15, 0.2) is 0 Å². The molecular weight excluding hydrogens is 228 g/mol. The summed E-state index contributed by atoms with van der Waals surface area (Å²) in [5.74, 6) is 1.42. The van der Waals surface area contributed by atoms with Gasteiger partial charge in [0, 0.05) is 20.6 Å². The summed E-state index contributed by atoms with van der Waals surface area (Å²) in [6.45, 7) is 7.03. The summed E-state index contributed by atoms with van der Waals surface area (Å²) in [4.78, 5) is 14.0. The van der Waals surface area contributed by atoms with E-state index >= 15 is 0 Å². The molecule has 0 bridgehead atoms. The first-order chi connectivity index (χ1) is 8.56. The van der Waals surface area contributed by atoms with E-state index in [1.54, 1.807) is 7.11 Å². The molecule has 0 aliphatic carbocycles. The highest BCUT2D eigenvalue weighted by Crippen LogP contribution is 2.24. The van der Waals surface area contributed by atoms with Crippen molar-refractivity contribution < 1.29 is 9.53 Å². The van der Waals surface area contributed by atoms with Crippen molar-refractivity contribution in [2.24, 2.45) is 11.8 Å². The molecule has 0 spiro atoms. The number of rotatable bonds is 6. The zero-order chi connectivity index (χ0) is 13.5. The first kappa shape index (κ1) is 15.4. The summed E-state index contributed by atoms with van der Waals surface area (Å²) in [5.41, 5.74) is 0. The van der Waals surface area contributed by atoms with Crippen molar-refractivity contribution in [1.29, 1.82) is 0 Å². The second-order valence-corrected chi connectivity index (χ2v) is 5.58. The molecular formula is C14H28N2O2. The Hall–Kier alpha value is -0.610. The van der Waals surface area contributed by atoms with Crippen molar-refractivity contribution in [3.63, 3.8) is 0 Å². The number of likely N-dealkylation sites (N-methyl/N-ethyl adjacent to an activating group) is 1. The molecule has 1 amide bonds. The summed E-state index contributed by atoms with van der Waals surface area (Å²) < 4.78 is 5.09. The number of methoxy groups -OCH3 is 1. The van der Waals surface area contributed by atoms with Crippen LogP contribution in [0.25, 0.3) is 0 Å². The van der Waals surface area contributed by atoms with Crippen LogP contribution in [0, 0.1) is 11.8 Å². The maximum Gasteiger partial charge on any atom is 0.222 e. The van der Waals surface area contributed by atoms with E-state index in [-0.39, 0.29) is 11.9 Å². The molecule has 0 radical (unpaired) electrons. The minimum Gasteiger partial charge on any atom is -0.383 e. The van der Waals surface area contributed by atoms with E-state index in [1.807, 2.05) is 18.9 Å². The van der Waals surface area contributed by atoms with Crippen LogP contribution in [0.2, 0.25) is 0 Å². The highest BCUT2D eigenvalue weighted by Gasteiger charge is 2.24. The van der Waals surface area contributed by atoms with Crippen LogP contribution in [-0.2, 0) is 9.53 Å². The number of carbonyl (C=O) groups is 1. The lowest BCUT2D eigenvalue weighted by Gasteiger charge is -2.30. The van der Waals surface area contributed by atoms with Crippen molar-refractivity contribution in [2.45, 2.75) is 39.2 Å². The molecule has 2 unspecified atom stereocenters. The smallest absolute Gasteiger partial charge is 0.222 e. The van der Waals surface area contributed by atoms with E-state index in [1.165, 1.54) is 12.8 Å². The fourth-order valence-electron chi connectivity index (χ4n) is 2.60. The van der Waals surface area contributed by atoms with Crippen LogP contribution in [0.3, 0.4) is 0 Å². The Kier molecular flexibility index (Phi) is 6.65. The molecule has 18 heavy (non-hydrogen) atoms. The zero-order valence-corrected chi connectivity index (χ0v) is 12.2. The number of nitrogens with one attached hydrogen (secondary N) is 1. The fraction of sp³-hybridized carbons (Fsp3) is 0.929.